The average molecular weight is 218 g/mol. The molecule has 0 bridgehead atoms. The first-order valence-corrected chi connectivity index (χ1v) is 4.81. The predicted molar refractivity (Wildman–Crippen MR) is 61.9 cm³/mol. The summed E-state index contributed by atoms with van der Waals surface area (Å²) in [6.07, 6.45) is 1.62. The number of aromatic nitrogens is 1. The van der Waals surface area contributed by atoms with Crippen LogP contribution in [0.4, 0.5) is 0 Å². The minimum absolute atomic E-state index is 0.00944. The van der Waals surface area contributed by atoms with Crippen molar-refractivity contribution in [3.05, 3.63) is 29.6 Å². The number of nitrogens with zero attached hydrogens (tertiary/aromatic N) is 2. The summed E-state index contributed by atoms with van der Waals surface area (Å²) in [5.74, 6) is 5.71. The van der Waals surface area contributed by atoms with Crippen LogP contribution in [0.5, 0.6) is 0 Å². The van der Waals surface area contributed by atoms with E-state index in [9.17, 15) is 0 Å². The highest BCUT2D eigenvalue weighted by Crippen LogP contribution is 2.01. The van der Waals surface area contributed by atoms with Crippen molar-refractivity contribution in [3.8, 4) is 11.8 Å². The van der Waals surface area contributed by atoms with E-state index in [0.29, 0.717) is 18.8 Å². The minimum Gasteiger partial charge on any atom is -0.409 e. The fourth-order valence-electron chi connectivity index (χ4n) is 1.13. The zero-order valence-corrected chi connectivity index (χ0v) is 9.07. The standard InChI is InChI=1S/C11H14N4O/c1-2-3-5-13-8-9-4-6-14-10(7-9)11(12)15-16/h4,6-7,13,16H,5,8H2,1H3,(H2,12,15). The Morgan fingerprint density at radius 1 is 1.69 bits per heavy atom. The number of nitrogens with one attached hydrogen (secondary N) is 1. The van der Waals surface area contributed by atoms with Gasteiger partial charge in [-0.25, -0.2) is 0 Å². The van der Waals surface area contributed by atoms with Gasteiger partial charge < -0.3 is 16.3 Å². The molecule has 1 rings (SSSR count). The molecular weight excluding hydrogens is 204 g/mol. The SMILES string of the molecule is CC#CCNCc1ccnc(/C(N)=N/O)c1. The highest BCUT2D eigenvalue weighted by molar-refractivity contribution is 5.95. The Balaban J connectivity index is 2.63. The summed E-state index contributed by atoms with van der Waals surface area (Å²) in [6.45, 7) is 3.10. The number of pyridine rings is 1. The summed E-state index contributed by atoms with van der Waals surface area (Å²) in [5, 5.41) is 14.6. The van der Waals surface area contributed by atoms with Crippen LogP contribution in [0.15, 0.2) is 23.5 Å². The van der Waals surface area contributed by atoms with Crippen LogP contribution in [0, 0.1) is 11.8 Å². The van der Waals surface area contributed by atoms with E-state index in [1.165, 1.54) is 0 Å². The number of hydrogen-bond donors (Lipinski definition) is 3. The highest BCUT2D eigenvalue weighted by atomic mass is 16.4. The van der Waals surface area contributed by atoms with E-state index >= 15 is 0 Å². The Labute approximate surface area is 94.4 Å². The highest BCUT2D eigenvalue weighted by Gasteiger charge is 2.01. The molecule has 0 spiro atoms. The summed E-state index contributed by atoms with van der Waals surface area (Å²) in [6, 6.07) is 3.63. The van der Waals surface area contributed by atoms with Crippen LogP contribution in [-0.2, 0) is 6.54 Å². The van der Waals surface area contributed by atoms with E-state index in [-0.39, 0.29) is 5.84 Å². The van der Waals surface area contributed by atoms with E-state index in [1.54, 1.807) is 19.2 Å². The fraction of sp³-hybridized carbons (Fsp3) is 0.273. The monoisotopic (exact) mass is 218 g/mol. The van der Waals surface area contributed by atoms with Crippen LogP contribution in [-0.4, -0.2) is 22.6 Å². The van der Waals surface area contributed by atoms with Crippen LogP contribution < -0.4 is 11.1 Å². The predicted octanol–water partition coefficient (Wildman–Crippen LogP) is 0.289. The molecule has 4 N–H and O–H groups in total. The molecule has 0 saturated carbocycles. The van der Waals surface area contributed by atoms with Gasteiger partial charge in [-0.15, -0.1) is 5.92 Å². The molecule has 0 fully saturated rings. The van der Waals surface area contributed by atoms with E-state index < -0.39 is 0 Å². The largest absolute Gasteiger partial charge is 0.409 e. The quantitative estimate of drug-likeness (QED) is 0.169. The van der Waals surface area contributed by atoms with E-state index in [2.05, 4.69) is 27.3 Å². The van der Waals surface area contributed by atoms with Gasteiger partial charge in [0.15, 0.2) is 5.84 Å². The maximum Gasteiger partial charge on any atom is 0.188 e. The van der Waals surface area contributed by atoms with Gasteiger partial charge in [0.1, 0.15) is 5.69 Å². The van der Waals surface area contributed by atoms with Crippen molar-refractivity contribution in [2.75, 3.05) is 6.54 Å². The van der Waals surface area contributed by atoms with Gasteiger partial charge >= 0.3 is 0 Å². The summed E-state index contributed by atoms with van der Waals surface area (Å²) in [5.41, 5.74) is 6.90. The smallest absolute Gasteiger partial charge is 0.188 e. The Hall–Kier alpha value is -2.06. The van der Waals surface area contributed by atoms with Crippen LogP contribution in [0.3, 0.4) is 0 Å². The van der Waals surface area contributed by atoms with E-state index in [0.717, 1.165) is 5.56 Å². The summed E-state index contributed by atoms with van der Waals surface area (Å²) < 4.78 is 0. The molecule has 0 saturated heterocycles. The average Bonchev–Trinajstić information content (AvgIpc) is 2.34. The third-order valence-corrected chi connectivity index (χ3v) is 1.91. The number of rotatable bonds is 4. The molecule has 1 heterocycles. The van der Waals surface area contributed by atoms with Gasteiger partial charge in [0.2, 0.25) is 0 Å². The number of nitrogens with two attached hydrogens (primary N) is 1. The maximum absolute atomic E-state index is 8.51. The molecule has 0 aromatic carbocycles. The first-order valence-electron chi connectivity index (χ1n) is 4.81. The molecule has 0 aliphatic carbocycles. The Bertz CT molecular complexity index is 431. The molecule has 0 aliphatic rings. The van der Waals surface area contributed by atoms with Crippen molar-refractivity contribution in [1.29, 1.82) is 0 Å². The third-order valence-electron chi connectivity index (χ3n) is 1.91. The molecular formula is C11H14N4O. The third kappa shape index (κ3) is 3.59. The molecule has 1 aromatic rings. The zero-order valence-electron chi connectivity index (χ0n) is 9.07. The Kier molecular flexibility index (Phi) is 4.83. The number of amidine groups is 1. The molecule has 0 amide bonds. The van der Waals surface area contributed by atoms with Crippen LogP contribution in [0.1, 0.15) is 18.2 Å². The van der Waals surface area contributed by atoms with Crippen molar-refractivity contribution in [2.45, 2.75) is 13.5 Å². The van der Waals surface area contributed by atoms with E-state index in [4.69, 9.17) is 10.9 Å². The van der Waals surface area contributed by atoms with Gasteiger partial charge in [-0.2, -0.15) is 0 Å². The van der Waals surface area contributed by atoms with Gasteiger partial charge in [0, 0.05) is 12.7 Å². The molecule has 0 aliphatic heterocycles. The first kappa shape index (κ1) is 12.0. The maximum atomic E-state index is 8.51. The number of hydrogen-bond acceptors (Lipinski definition) is 4. The van der Waals surface area contributed by atoms with Crippen molar-refractivity contribution < 1.29 is 5.21 Å². The van der Waals surface area contributed by atoms with Gasteiger partial charge in [-0.3, -0.25) is 4.98 Å². The summed E-state index contributed by atoms with van der Waals surface area (Å²) in [4.78, 5) is 3.98. The van der Waals surface area contributed by atoms with Gasteiger partial charge in [0.05, 0.1) is 6.54 Å². The molecule has 16 heavy (non-hydrogen) atoms. The first-order chi connectivity index (χ1) is 7.77. The second kappa shape index (κ2) is 6.43. The van der Waals surface area contributed by atoms with Crippen molar-refractivity contribution in [3.63, 3.8) is 0 Å². The second-order valence-corrected chi connectivity index (χ2v) is 3.06. The molecule has 5 heteroatoms. The summed E-state index contributed by atoms with van der Waals surface area (Å²) >= 11 is 0. The van der Waals surface area contributed by atoms with Crippen LogP contribution >= 0.6 is 0 Å². The fourth-order valence-corrected chi connectivity index (χ4v) is 1.13. The lowest BCUT2D eigenvalue weighted by Crippen LogP contribution is -2.17. The lowest BCUT2D eigenvalue weighted by molar-refractivity contribution is 0.318. The van der Waals surface area contributed by atoms with Crippen LogP contribution in [0.25, 0.3) is 0 Å². The number of oxime groups is 1. The van der Waals surface area contributed by atoms with Crippen molar-refractivity contribution >= 4 is 5.84 Å². The molecule has 84 valence electrons. The normalized spacial score (nSPS) is 10.7. The van der Waals surface area contributed by atoms with Crippen molar-refractivity contribution in [2.24, 2.45) is 10.9 Å². The Morgan fingerprint density at radius 2 is 2.50 bits per heavy atom. The molecule has 5 nitrogen and oxygen atoms in total. The van der Waals surface area contributed by atoms with E-state index in [1.807, 2.05) is 6.07 Å². The minimum atomic E-state index is 0.00944. The van der Waals surface area contributed by atoms with Crippen molar-refractivity contribution in [1.82, 2.24) is 10.3 Å². The summed E-state index contributed by atoms with van der Waals surface area (Å²) in [7, 11) is 0. The molecule has 0 unspecified atom stereocenters. The van der Waals surface area contributed by atoms with Gasteiger partial charge in [-0.05, 0) is 24.6 Å². The van der Waals surface area contributed by atoms with Crippen LogP contribution in [0.2, 0.25) is 0 Å². The second-order valence-electron chi connectivity index (χ2n) is 3.06. The molecule has 0 atom stereocenters. The van der Waals surface area contributed by atoms with Gasteiger partial charge in [-0.1, -0.05) is 11.1 Å². The topological polar surface area (TPSA) is 83.5 Å². The Morgan fingerprint density at radius 3 is 3.19 bits per heavy atom. The molecule has 0 radical (unpaired) electrons. The lowest BCUT2D eigenvalue weighted by Gasteiger charge is -2.03. The molecule has 1 aromatic heterocycles. The van der Waals surface area contributed by atoms with Gasteiger partial charge in [0.25, 0.3) is 0 Å². The zero-order chi connectivity index (χ0) is 11.8. The lowest BCUT2D eigenvalue weighted by atomic mass is 10.2.